The Morgan fingerprint density at radius 3 is 3.13 bits per heavy atom. The quantitative estimate of drug-likeness (QED) is 0.799. The van der Waals surface area contributed by atoms with E-state index in [1.54, 1.807) is 11.8 Å². The number of carbonyl (C=O) groups is 1. The van der Waals surface area contributed by atoms with Crippen LogP contribution in [0.3, 0.4) is 0 Å². The lowest BCUT2D eigenvalue weighted by Gasteiger charge is -2.17. The van der Waals surface area contributed by atoms with Crippen LogP contribution in [0.5, 0.6) is 0 Å². The molecule has 15 heavy (non-hydrogen) atoms. The van der Waals surface area contributed by atoms with E-state index in [1.165, 1.54) is 5.56 Å². The van der Waals surface area contributed by atoms with Gasteiger partial charge in [-0.3, -0.25) is 4.79 Å². The summed E-state index contributed by atoms with van der Waals surface area (Å²) in [6.45, 7) is 1.99. The van der Waals surface area contributed by atoms with Gasteiger partial charge in [0.2, 0.25) is 5.91 Å². The van der Waals surface area contributed by atoms with Gasteiger partial charge in [-0.15, -0.1) is 11.8 Å². The number of benzene rings is 1. The zero-order valence-corrected chi connectivity index (χ0v) is 9.43. The molecule has 1 unspecified atom stereocenters. The Hall–Kier alpha value is -1.00. The van der Waals surface area contributed by atoms with Crippen molar-refractivity contribution >= 4 is 23.4 Å². The molecule has 0 aliphatic carbocycles. The molecule has 0 fully saturated rings. The molecule has 80 valence electrons. The summed E-state index contributed by atoms with van der Waals surface area (Å²) in [5, 5.41) is 2.85. The second-order valence-electron chi connectivity index (χ2n) is 3.85. The van der Waals surface area contributed by atoms with Crippen molar-refractivity contribution in [2.24, 2.45) is 5.73 Å². The highest BCUT2D eigenvalue weighted by molar-refractivity contribution is 8.00. The monoisotopic (exact) mass is 222 g/mol. The van der Waals surface area contributed by atoms with Crippen LogP contribution in [0.25, 0.3) is 0 Å². The summed E-state index contributed by atoms with van der Waals surface area (Å²) in [6.07, 6.45) is 0.877. The summed E-state index contributed by atoms with van der Waals surface area (Å²) in [6, 6.07) is 6.26. The Balaban J connectivity index is 2.23. The van der Waals surface area contributed by atoms with E-state index in [9.17, 15) is 4.79 Å². The maximum atomic E-state index is 11.1. The first kappa shape index (κ1) is 10.5. The molecule has 0 bridgehead atoms. The molecule has 3 N–H and O–H groups in total. The molecule has 1 heterocycles. The molecule has 1 aliphatic heterocycles. The minimum absolute atomic E-state index is 0.0763. The molecule has 4 heteroatoms. The van der Waals surface area contributed by atoms with Crippen molar-refractivity contribution in [3.05, 3.63) is 23.8 Å². The van der Waals surface area contributed by atoms with Crippen molar-refractivity contribution in [3.8, 4) is 0 Å². The maximum Gasteiger partial charge on any atom is 0.234 e. The Bertz CT molecular complexity index is 390. The van der Waals surface area contributed by atoms with E-state index in [0.717, 1.165) is 17.0 Å². The van der Waals surface area contributed by atoms with Gasteiger partial charge >= 0.3 is 0 Å². The highest BCUT2D eigenvalue weighted by Crippen LogP contribution is 2.32. The fraction of sp³-hybridized carbons (Fsp3) is 0.364. The van der Waals surface area contributed by atoms with Gasteiger partial charge in [0.1, 0.15) is 0 Å². The van der Waals surface area contributed by atoms with Crippen LogP contribution < -0.4 is 11.1 Å². The minimum atomic E-state index is 0.0763. The lowest BCUT2D eigenvalue weighted by Crippen LogP contribution is -2.20. The largest absolute Gasteiger partial charge is 0.328 e. The second kappa shape index (κ2) is 4.24. The van der Waals surface area contributed by atoms with Crippen LogP contribution in [0.4, 0.5) is 5.69 Å². The van der Waals surface area contributed by atoms with Crippen molar-refractivity contribution in [1.29, 1.82) is 0 Å². The lowest BCUT2D eigenvalue weighted by molar-refractivity contribution is -0.113. The van der Waals surface area contributed by atoms with E-state index in [0.29, 0.717) is 5.75 Å². The summed E-state index contributed by atoms with van der Waals surface area (Å²) in [4.78, 5) is 12.3. The number of anilines is 1. The summed E-state index contributed by atoms with van der Waals surface area (Å²) < 4.78 is 0. The van der Waals surface area contributed by atoms with Gasteiger partial charge in [0, 0.05) is 10.9 Å². The standard InChI is InChI=1S/C11H14N2OS/c1-7(12)4-8-2-3-9-10(5-8)15-6-11(14)13-9/h2-3,5,7H,4,6,12H2,1H3,(H,13,14). The van der Waals surface area contributed by atoms with Crippen LogP contribution in [0, 0.1) is 0 Å². The first-order chi connectivity index (χ1) is 7.15. The third kappa shape index (κ3) is 2.52. The van der Waals surface area contributed by atoms with E-state index in [-0.39, 0.29) is 11.9 Å². The van der Waals surface area contributed by atoms with Gasteiger partial charge in [-0.2, -0.15) is 0 Å². The van der Waals surface area contributed by atoms with E-state index in [2.05, 4.69) is 11.4 Å². The van der Waals surface area contributed by atoms with Gasteiger partial charge in [-0.05, 0) is 31.0 Å². The average Bonchev–Trinajstić information content (AvgIpc) is 2.17. The van der Waals surface area contributed by atoms with Crippen molar-refractivity contribution in [1.82, 2.24) is 0 Å². The Morgan fingerprint density at radius 1 is 1.60 bits per heavy atom. The molecule has 1 amide bonds. The first-order valence-electron chi connectivity index (χ1n) is 4.96. The topological polar surface area (TPSA) is 55.1 Å². The molecule has 0 radical (unpaired) electrons. The smallest absolute Gasteiger partial charge is 0.234 e. The Labute approximate surface area is 93.4 Å². The normalized spacial score (nSPS) is 16.8. The van der Waals surface area contributed by atoms with Crippen LogP contribution >= 0.6 is 11.8 Å². The van der Waals surface area contributed by atoms with Crippen LogP contribution in [-0.2, 0) is 11.2 Å². The average molecular weight is 222 g/mol. The fourth-order valence-electron chi connectivity index (χ4n) is 1.62. The van der Waals surface area contributed by atoms with E-state index < -0.39 is 0 Å². The van der Waals surface area contributed by atoms with Gasteiger partial charge in [0.05, 0.1) is 11.4 Å². The molecular formula is C11H14N2OS. The molecule has 1 atom stereocenters. The predicted octanol–water partition coefficient (Wildman–Crippen LogP) is 1.62. The molecule has 1 aromatic carbocycles. The van der Waals surface area contributed by atoms with Crippen LogP contribution in [0.15, 0.2) is 23.1 Å². The van der Waals surface area contributed by atoms with Crippen molar-refractivity contribution in [2.75, 3.05) is 11.1 Å². The number of amides is 1. The Kier molecular flexibility index (Phi) is 2.98. The molecule has 0 aromatic heterocycles. The second-order valence-corrected chi connectivity index (χ2v) is 4.87. The molecule has 0 saturated heterocycles. The zero-order chi connectivity index (χ0) is 10.8. The third-order valence-corrected chi connectivity index (χ3v) is 3.29. The highest BCUT2D eigenvalue weighted by Gasteiger charge is 2.15. The number of hydrogen-bond donors (Lipinski definition) is 2. The summed E-state index contributed by atoms with van der Waals surface area (Å²) >= 11 is 1.59. The number of fused-ring (bicyclic) bond motifs is 1. The van der Waals surface area contributed by atoms with E-state index in [4.69, 9.17) is 5.73 Å². The Morgan fingerprint density at radius 2 is 2.40 bits per heavy atom. The van der Waals surface area contributed by atoms with Gasteiger partial charge < -0.3 is 11.1 Å². The van der Waals surface area contributed by atoms with Crippen LogP contribution in [0.2, 0.25) is 0 Å². The molecular weight excluding hydrogens is 208 g/mol. The van der Waals surface area contributed by atoms with Crippen LogP contribution in [-0.4, -0.2) is 17.7 Å². The first-order valence-corrected chi connectivity index (χ1v) is 5.95. The lowest BCUT2D eigenvalue weighted by atomic mass is 10.1. The molecule has 1 aliphatic rings. The van der Waals surface area contributed by atoms with Crippen molar-refractivity contribution < 1.29 is 4.79 Å². The van der Waals surface area contributed by atoms with Gasteiger partial charge in [-0.25, -0.2) is 0 Å². The molecule has 0 spiro atoms. The minimum Gasteiger partial charge on any atom is -0.328 e. The van der Waals surface area contributed by atoms with E-state index in [1.807, 2.05) is 19.1 Å². The molecule has 1 aromatic rings. The van der Waals surface area contributed by atoms with Gasteiger partial charge in [-0.1, -0.05) is 6.07 Å². The van der Waals surface area contributed by atoms with Crippen LogP contribution in [0.1, 0.15) is 12.5 Å². The predicted molar refractivity (Wildman–Crippen MR) is 63.1 cm³/mol. The summed E-state index contributed by atoms with van der Waals surface area (Å²) in [5.74, 6) is 0.585. The maximum absolute atomic E-state index is 11.1. The van der Waals surface area contributed by atoms with Crippen molar-refractivity contribution in [3.63, 3.8) is 0 Å². The number of nitrogens with one attached hydrogen (secondary N) is 1. The number of carbonyl (C=O) groups excluding carboxylic acids is 1. The number of rotatable bonds is 2. The molecule has 2 rings (SSSR count). The van der Waals surface area contributed by atoms with Gasteiger partial charge in [0.25, 0.3) is 0 Å². The number of thioether (sulfide) groups is 1. The van der Waals surface area contributed by atoms with E-state index >= 15 is 0 Å². The summed E-state index contributed by atoms with van der Waals surface area (Å²) in [7, 11) is 0. The molecule has 0 saturated carbocycles. The fourth-order valence-corrected chi connectivity index (χ4v) is 2.49. The highest BCUT2D eigenvalue weighted by atomic mass is 32.2. The number of hydrogen-bond acceptors (Lipinski definition) is 3. The third-order valence-electron chi connectivity index (χ3n) is 2.24. The molecule has 3 nitrogen and oxygen atoms in total. The number of nitrogens with two attached hydrogens (primary N) is 1. The SMILES string of the molecule is CC(N)Cc1ccc2c(c1)SCC(=O)N2. The van der Waals surface area contributed by atoms with Gasteiger partial charge in [0.15, 0.2) is 0 Å². The zero-order valence-electron chi connectivity index (χ0n) is 8.62. The van der Waals surface area contributed by atoms with Crippen molar-refractivity contribution in [2.45, 2.75) is 24.3 Å². The summed E-state index contributed by atoms with van der Waals surface area (Å²) in [5.41, 5.74) is 7.90.